The molecule has 2 atom stereocenters. The van der Waals surface area contributed by atoms with Crippen LogP contribution in [0.1, 0.15) is 63.9 Å². The molecular formula is C30H39FN4O2S. The maximum Gasteiger partial charge on any atom is 0.175 e. The van der Waals surface area contributed by atoms with E-state index in [1.165, 1.54) is 31.9 Å². The van der Waals surface area contributed by atoms with Crippen molar-refractivity contribution in [2.75, 3.05) is 19.3 Å². The van der Waals surface area contributed by atoms with Crippen LogP contribution in [0.3, 0.4) is 0 Å². The molecule has 38 heavy (non-hydrogen) atoms. The van der Waals surface area contributed by atoms with Crippen molar-refractivity contribution < 1.29 is 12.8 Å². The quantitative estimate of drug-likeness (QED) is 0.437. The van der Waals surface area contributed by atoms with E-state index in [0.29, 0.717) is 17.9 Å². The number of halogens is 1. The summed E-state index contributed by atoms with van der Waals surface area (Å²) in [4.78, 5) is 10.6. The number of nitrogens with zero attached hydrogens (tertiary/aromatic N) is 4. The summed E-state index contributed by atoms with van der Waals surface area (Å²) in [5.74, 6) is 0.762. The van der Waals surface area contributed by atoms with E-state index in [1.807, 2.05) is 17.7 Å². The lowest BCUT2D eigenvalue weighted by molar-refractivity contribution is 0.0297. The van der Waals surface area contributed by atoms with Crippen LogP contribution in [0.5, 0.6) is 0 Å². The number of imidazole rings is 1. The second-order valence-corrected chi connectivity index (χ2v) is 14.0. The number of likely N-dealkylation sites (tertiary alicyclic amines) is 1. The Morgan fingerprint density at radius 2 is 1.58 bits per heavy atom. The van der Waals surface area contributed by atoms with Gasteiger partial charge in [-0.15, -0.1) is 0 Å². The highest BCUT2D eigenvalue weighted by atomic mass is 32.2. The first-order valence-electron chi connectivity index (χ1n) is 14.1. The van der Waals surface area contributed by atoms with Crippen molar-refractivity contribution in [3.63, 3.8) is 0 Å². The van der Waals surface area contributed by atoms with Crippen molar-refractivity contribution in [3.05, 3.63) is 47.8 Å². The molecule has 2 unspecified atom stereocenters. The zero-order chi connectivity index (χ0) is 26.8. The fraction of sp³-hybridized carbons (Fsp3) is 0.567. The zero-order valence-corrected chi connectivity index (χ0v) is 23.7. The van der Waals surface area contributed by atoms with E-state index in [0.717, 1.165) is 60.2 Å². The molecule has 3 aromatic rings. The first-order valence-corrected chi connectivity index (χ1v) is 16.0. The lowest BCUT2D eigenvalue weighted by Crippen LogP contribution is -2.53. The molecule has 3 fully saturated rings. The van der Waals surface area contributed by atoms with Gasteiger partial charge in [-0.2, -0.15) is 0 Å². The van der Waals surface area contributed by atoms with Crippen LogP contribution in [0.4, 0.5) is 4.39 Å². The Morgan fingerprint density at radius 3 is 2.16 bits per heavy atom. The van der Waals surface area contributed by atoms with Gasteiger partial charge in [-0.1, -0.05) is 0 Å². The molecule has 0 aliphatic carbocycles. The average molecular weight is 539 g/mol. The molecule has 2 aromatic carbocycles. The third kappa shape index (κ3) is 4.58. The molecule has 6 rings (SSSR count). The molecule has 3 saturated heterocycles. The standard InChI is InChI=1S/C30H39FN4O2S/c1-19(2)35-22-7-8-23(35)16-24(15-22)34-13-11-20(12-14-34)26-17-28-29(18-27(26)31)33(3)30(32-28)21-5-9-25(10-6-21)38(4,36)37/h5-6,9-10,17-20,22-24H,7-8,11-16H2,1-4H3. The highest BCUT2D eigenvalue weighted by Gasteiger charge is 2.43. The SMILES string of the molecule is CC(C)N1C2CCC1CC(N1CCC(c3cc4nc(-c5ccc(S(C)(=O)=O)cc5)n(C)c4cc3F)CC1)C2. The van der Waals surface area contributed by atoms with E-state index in [2.05, 4.69) is 23.6 Å². The van der Waals surface area contributed by atoms with Gasteiger partial charge in [0.15, 0.2) is 9.84 Å². The maximum absolute atomic E-state index is 15.4. The van der Waals surface area contributed by atoms with Crippen LogP contribution in [0.2, 0.25) is 0 Å². The van der Waals surface area contributed by atoms with Gasteiger partial charge in [0.2, 0.25) is 0 Å². The fourth-order valence-electron chi connectivity index (χ4n) is 7.55. The summed E-state index contributed by atoms with van der Waals surface area (Å²) < 4.78 is 41.0. The molecule has 2 bridgehead atoms. The number of hydrogen-bond donors (Lipinski definition) is 0. The van der Waals surface area contributed by atoms with Crippen molar-refractivity contribution >= 4 is 20.9 Å². The van der Waals surface area contributed by atoms with Crippen LogP contribution in [-0.2, 0) is 16.9 Å². The molecule has 4 heterocycles. The molecule has 3 aliphatic rings. The van der Waals surface area contributed by atoms with Gasteiger partial charge in [0.1, 0.15) is 11.6 Å². The van der Waals surface area contributed by atoms with E-state index < -0.39 is 9.84 Å². The van der Waals surface area contributed by atoms with Gasteiger partial charge in [0.25, 0.3) is 0 Å². The van der Waals surface area contributed by atoms with Gasteiger partial charge in [-0.05, 0) is 107 Å². The number of hydrogen-bond acceptors (Lipinski definition) is 5. The highest BCUT2D eigenvalue weighted by molar-refractivity contribution is 7.90. The summed E-state index contributed by atoms with van der Waals surface area (Å²) >= 11 is 0. The molecular weight excluding hydrogens is 499 g/mol. The lowest BCUT2D eigenvalue weighted by atomic mass is 9.86. The fourth-order valence-corrected chi connectivity index (χ4v) is 8.18. The van der Waals surface area contributed by atoms with Gasteiger partial charge in [0, 0.05) is 49.1 Å². The van der Waals surface area contributed by atoms with Gasteiger partial charge in [0.05, 0.1) is 15.9 Å². The number of piperidine rings is 2. The first kappa shape index (κ1) is 26.0. The topological polar surface area (TPSA) is 58.4 Å². The third-order valence-electron chi connectivity index (χ3n) is 9.39. The summed E-state index contributed by atoms with van der Waals surface area (Å²) in [7, 11) is -1.38. The Balaban J connectivity index is 1.18. The number of sulfone groups is 1. The predicted molar refractivity (Wildman–Crippen MR) is 150 cm³/mol. The largest absolute Gasteiger partial charge is 0.327 e. The molecule has 8 heteroatoms. The maximum atomic E-state index is 15.4. The Hall–Kier alpha value is -2.29. The molecule has 1 aromatic heterocycles. The minimum Gasteiger partial charge on any atom is -0.327 e. The normalized spacial score (nSPS) is 25.6. The van der Waals surface area contributed by atoms with Crippen LogP contribution >= 0.6 is 0 Å². The molecule has 6 nitrogen and oxygen atoms in total. The molecule has 0 saturated carbocycles. The van der Waals surface area contributed by atoms with Gasteiger partial charge >= 0.3 is 0 Å². The van der Waals surface area contributed by atoms with Crippen LogP contribution in [0, 0.1) is 5.82 Å². The zero-order valence-electron chi connectivity index (χ0n) is 22.9. The van der Waals surface area contributed by atoms with E-state index in [1.54, 1.807) is 30.3 Å². The van der Waals surface area contributed by atoms with Crippen molar-refractivity contribution in [1.29, 1.82) is 0 Å². The highest BCUT2D eigenvalue weighted by Crippen LogP contribution is 2.41. The van der Waals surface area contributed by atoms with E-state index in [4.69, 9.17) is 4.98 Å². The summed E-state index contributed by atoms with van der Waals surface area (Å²) in [5.41, 5.74) is 3.12. The Bertz CT molecular complexity index is 1430. The smallest absolute Gasteiger partial charge is 0.175 e. The van der Waals surface area contributed by atoms with Crippen LogP contribution < -0.4 is 0 Å². The summed E-state index contributed by atoms with van der Waals surface area (Å²) in [6, 6.07) is 13.1. The van der Waals surface area contributed by atoms with Crippen molar-refractivity contribution in [3.8, 4) is 11.4 Å². The second kappa shape index (κ2) is 9.72. The number of aryl methyl sites for hydroxylation is 1. The number of fused-ring (bicyclic) bond motifs is 3. The number of benzene rings is 2. The van der Waals surface area contributed by atoms with Crippen molar-refractivity contribution in [2.24, 2.45) is 7.05 Å². The molecule has 3 aliphatic heterocycles. The van der Waals surface area contributed by atoms with Gasteiger partial charge in [-0.25, -0.2) is 17.8 Å². The Morgan fingerprint density at radius 1 is 0.947 bits per heavy atom. The molecule has 0 amide bonds. The molecule has 0 N–H and O–H groups in total. The minimum atomic E-state index is -3.26. The van der Waals surface area contributed by atoms with Crippen LogP contribution in [0.15, 0.2) is 41.3 Å². The predicted octanol–water partition coefficient (Wildman–Crippen LogP) is 5.37. The lowest BCUT2D eigenvalue weighted by Gasteiger charge is -2.46. The van der Waals surface area contributed by atoms with Crippen molar-refractivity contribution in [1.82, 2.24) is 19.4 Å². The molecule has 0 radical (unpaired) electrons. The van der Waals surface area contributed by atoms with E-state index >= 15 is 4.39 Å². The summed E-state index contributed by atoms with van der Waals surface area (Å²) in [5, 5.41) is 0. The van der Waals surface area contributed by atoms with Crippen molar-refractivity contribution in [2.45, 2.75) is 87.4 Å². The average Bonchev–Trinajstić information content (AvgIpc) is 3.35. The number of aromatic nitrogens is 2. The third-order valence-corrected chi connectivity index (χ3v) is 10.5. The number of rotatable bonds is 5. The van der Waals surface area contributed by atoms with Crippen LogP contribution in [0.25, 0.3) is 22.4 Å². The Kier molecular flexibility index (Phi) is 6.64. The summed E-state index contributed by atoms with van der Waals surface area (Å²) in [6.07, 6.45) is 8.40. The molecule has 204 valence electrons. The summed E-state index contributed by atoms with van der Waals surface area (Å²) in [6.45, 7) is 6.74. The molecule has 0 spiro atoms. The first-order chi connectivity index (χ1) is 18.1. The second-order valence-electron chi connectivity index (χ2n) is 12.0. The van der Waals surface area contributed by atoms with Gasteiger partial charge < -0.3 is 9.47 Å². The minimum absolute atomic E-state index is 0.152. The van der Waals surface area contributed by atoms with Crippen LogP contribution in [-0.4, -0.2) is 71.3 Å². The van der Waals surface area contributed by atoms with E-state index in [-0.39, 0.29) is 16.6 Å². The van der Waals surface area contributed by atoms with E-state index in [9.17, 15) is 8.42 Å². The van der Waals surface area contributed by atoms with Gasteiger partial charge in [-0.3, -0.25) is 4.90 Å². The Labute approximate surface area is 225 Å². The monoisotopic (exact) mass is 538 g/mol.